The van der Waals surface area contributed by atoms with Gasteiger partial charge < -0.3 is 14.7 Å². The van der Waals surface area contributed by atoms with Crippen LogP contribution in [0.25, 0.3) is 0 Å². The van der Waals surface area contributed by atoms with Gasteiger partial charge in [-0.1, -0.05) is 19.8 Å². The van der Waals surface area contributed by atoms with Crippen LogP contribution in [-0.2, 0) is 11.2 Å². The quantitative estimate of drug-likeness (QED) is 0.926. The van der Waals surface area contributed by atoms with Crippen LogP contribution in [0.5, 0.6) is 0 Å². The highest BCUT2D eigenvalue weighted by molar-refractivity contribution is 5.88. The molecule has 1 saturated heterocycles. The van der Waals surface area contributed by atoms with Crippen LogP contribution in [0.4, 0.5) is 5.82 Å². The highest BCUT2D eigenvalue weighted by Crippen LogP contribution is 2.31. The Hall–Kier alpha value is -1.62. The number of hydrogen-bond acceptors (Lipinski definition) is 4. The molecule has 114 valence electrons. The summed E-state index contributed by atoms with van der Waals surface area (Å²) in [6.45, 7) is 3.49. The Balaban J connectivity index is 1.94. The van der Waals surface area contributed by atoms with Crippen molar-refractivity contribution in [1.82, 2.24) is 4.98 Å². The van der Waals surface area contributed by atoms with E-state index in [1.807, 2.05) is 6.92 Å². The summed E-state index contributed by atoms with van der Waals surface area (Å²) >= 11 is 0. The van der Waals surface area contributed by atoms with E-state index in [1.165, 1.54) is 12.8 Å². The lowest BCUT2D eigenvalue weighted by Crippen LogP contribution is -2.53. The second kappa shape index (κ2) is 6.02. The molecule has 2 atom stereocenters. The summed E-state index contributed by atoms with van der Waals surface area (Å²) in [5, 5.41) is 9.29. The molecule has 0 spiro atoms. The highest BCUT2D eigenvalue weighted by Gasteiger charge is 2.35. The third kappa shape index (κ3) is 2.88. The molecule has 1 aliphatic carbocycles. The average Bonchev–Trinajstić information content (AvgIpc) is 2.53. The number of aromatic nitrogens is 1. The first-order valence-electron chi connectivity index (χ1n) is 7.81. The minimum Gasteiger partial charge on any atom is -0.478 e. The normalized spacial score (nSPS) is 25.5. The van der Waals surface area contributed by atoms with Crippen LogP contribution in [0.1, 0.15) is 48.7 Å². The Labute approximate surface area is 124 Å². The second-order valence-corrected chi connectivity index (χ2v) is 5.82. The van der Waals surface area contributed by atoms with Crippen LogP contribution in [0.3, 0.4) is 0 Å². The molecule has 21 heavy (non-hydrogen) atoms. The van der Waals surface area contributed by atoms with Gasteiger partial charge in [0, 0.05) is 12.2 Å². The number of anilines is 1. The van der Waals surface area contributed by atoms with Crippen molar-refractivity contribution in [1.29, 1.82) is 0 Å². The summed E-state index contributed by atoms with van der Waals surface area (Å²) in [4.78, 5) is 18.2. The van der Waals surface area contributed by atoms with Crippen molar-refractivity contribution in [2.45, 2.75) is 51.2 Å². The maximum atomic E-state index is 11.3. The molecule has 2 aliphatic rings. The van der Waals surface area contributed by atoms with Gasteiger partial charge in [-0.2, -0.15) is 0 Å². The maximum absolute atomic E-state index is 11.3. The van der Waals surface area contributed by atoms with E-state index < -0.39 is 5.97 Å². The van der Waals surface area contributed by atoms with Gasteiger partial charge in [0.2, 0.25) is 0 Å². The van der Waals surface area contributed by atoms with E-state index in [0.717, 1.165) is 37.3 Å². The van der Waals surface area contributed by atoms with Crippen LogP contribution < -0.4 is 4.90 Å². The number of ether oxygens (including phenoxy) is 1. The van der Waals surface area contributed by atoms with E-state index in [0.29, 0.717) is 18.2 Å². The molecule has 5 nitrogen and oxygen atoms in total. The fourth-order valence-electron chi connectivity index (χ4n) is 3.40. The molecule has 2 unspecified atom stereocenters. The largest absolute Gasteiger partial charge is 0.478 e. The third-order valence-corrected chi connectivity index (χ3v) is 4.50. The Morgan fingerprint density at radius 1 is 1.43 bits per heavy atom. The van der Waals surface area contributed by atoms with Gasteiger partial charge in [-0.3, -0.25) is 0 Å². The SMILES string of the molecule is CCc1cc(C(=O)O)cc(N2CCOC3CCCCC32)n1. The monoisotopic (exact) mass is 290 g/mol. The third-order valence-electron chi connectivity index (χ3n) is 4.50. The van der Waals surface area contributed by atoms with E-state index >= 15 is 0 Å². The number of rotatable bonds is 3. The molecule has 0 bridgehead atoms. The zero-order valence-corrected chi connectivity index (χ0v) is 12.4. The molecule has 1 aromatic rings. The van der Waals surface area contributed by atoms with Gasteiger partial charge in [-0.15, -0.1) is 0 Å². The topological polar surface area (TPSA) is 62.7 Å². The summed E-state index contributed by atoms with van der Waals surface area (Å²) < 4.78 is 5.88. The fraction of sp³-hybridized carbons (Fsp3) is 0.625. The average molecular weight is 290 g/mol. The van der Waals surface area contributed by atoms with Gasteiger partial charge in [0.15, 0.2) is 0 Å². The van der Waals surface area contributed by atoms with Crippen LogP contribution in [0.15, 0.2) is 12.1 Å². The van der Waals surface area contributed by atoms with Gasteiger partial charge >= 0.3 is 5.97 Å². The van der Waals surface area contributed by atoms with Crippen LogP contribution in [0.2, 0.25) is 0 Å². The number of morpholine rings is 1. The first-order valence-corrected chi connectivity index (χ1v) is 7.81. The Bertz CT molecular complexity index is 530. The van der Waals surface area contributed by atoms with E-state index in [2.05, 4.69) is 9.88 Å². The smallest absolute Gasteiger partial charge is 0.335 e. The molecule has 0 radical (unpaired) electrons. The van der Waals surface area contributed by atoms with E-state index in [4.69, 9.17) is 4.74 Å². The Kier molecular flexibility index (Phi) is 4.10. The lowest BCUT2D eigenvalue weighted by atomic mass is 9.90. The molecule has 2 fully saturated rings. The van der Waals surface area contributed by atoms with Crippen LogP contribution in [0, 0.1) is 0 Å². The van der Waals surface area contributed by atoms with Gasteiger partial charge in [0.05, 0.1) is 24.3 Å². The van der Waals surface area contributed by atoms with E-state index in [1.54, 1.807) is 12.1 Å². The van der Waals surface area contributed by atoms with Gasteiger partial charge in [0.1, 0.15) is 5.82 Å². The number of carboxylic acids is 1. The summed E-state index contributed by atoms with van der Waals surface area (Å²) in [5.74, 6) is -0.0891. The summed E-state index contributed by atoms with van der Waals surface area (Å²) in [6.07, 6.45) is 5.64. The predicted molar refractivity (Wildman–Crippen MR) is 79.9 cm³/mol. The van der Waals surface area contributed by atoms with Gasteiger partial charge in [0.25, 0.3) is 0 Å². The number of carboxylic acid groups (broad SMARTS) is 1. The standard InChI is InChI=1S/C16H22N2O3/c1-2-12-9-11(16(19)20)10-15(17-12)18-7-8-21-14-6-4-3-5-13(14)18/h9-10,13-14H,2-8H2,1H3,(H,19,20). The molecule has 2 heterocycles. The van der Waals surface area contributed by atoms with E-state index in [9.17, 15) is 9.90 Å². The van der Waals surface area contributed by atoms with Crippen molar-refractivity contribution < 1.29 is 14.6 Å². The van der Waals surface area contributed by atoms with E-state index in [-0.39, 0.29) is 6.10 Å². The number of aryl methyl sites for hydroxylation is 1. The molecule has 1 saturated carbocycles. The Morgan fingerprint density at radius 2 is 2.24 bits per heavy atom. The van der Waals surface area contributed by atoms with Crippen LogP contribution in [-0.4, -0.2) is 41.4 Å². The van der Waals surface area contributed by atoms with Crippen LogP contribution >= 0.6 is 0 Å². The number of fused-ring (bicyclic) bond motifs is 1. The first-order chi connectivity index (χ1) is 10.2. The molecular formula is C16H22N2O3. The number of carbonyl (C=O) groups is 1. The lowest BCUT2D eigenvalue weighted by Gasteiger charge is -2.44. The molecular weight excluding hydrogens is 268 g/mol. The molecule has 1 aromatic heterocycles. The fourth-order valence-corrected chi connectivity index (χ4v) is 3.40. The number of hydrogen-bond donors (Lipinski definition) is 1. The maximum Gasteiger partial charge on any atom is 0.335 e. The van der Waals surface area contributed by atoms with Crippen molar-refractivity contribution in [3.05, 3.63) is 23.4 Å². The minimum atomic E-state index is -0.887. The zero-order chi connectivity index (χ0) is 14.8. The molecule has 0 aromatic carbocycles. The summed E-state index contributed by atoms with van der Waals surface area (Å²) in [6, 6.07) is 3.72. The molecule has 5 heteroatoms. The number of nitrogens with zero attached hydrogens (tertiary/aromatic N) is 2. The predicted octanol–water partition coefficient (Wildman–Crippen LogP) is 2.49. The minimum absolute atomic E-state index is 0.271. The summed E-state index contributed by atoms with van der Waals surface area (Å²) in [7, 11) is 0. The summed E-state index contributed by atoms with van der Waals surface area (Å²) in [5.41, 5.74) is 1.17. The van der Waals surface area contributed by atoms with Crippen molar-refractivity contribution in [2.24, 2.45) is 0 Å². The van der Waals surface area contributed by atoms with Crippen molar-refractivity contribution in [3.8, 4) is 0 Å². The number of aromatic carboxylic acids is 1. The second-order valence-electron chi connectivity index (χ2n) is 5.82. The lowest BCUT2D eigenvalue weighted by molar-refractivity contribution is -0.00900. The Morgan fingerprint density at radius 3 is 3.00 bits per heavy atom. The zero-order valence-electron chi connectivity index (χ0n) is 12.4. The van der Waals surface area contributed by atoms with Gasteiger partial charge in [-0.05, 0) is 31.4 Å². The van der Waals surface area contributed by atoms with Crippen molar-refractivity contribution in [3.63, 3.8) is 0 Å². The van der Waals surface area contributed by atoms with Gasteiger partial charge in [-0.25, -0.2) is 9.78 Å². The van der Waals surface area contributed by atoms with Crippen molar-refractivity contribution in [2.75, 3.05) is 18.1 Å². The molecule has 3 rings (SSSR count). The number of pyridine rings is 1. The molecule has 0 amide bonds. The molecule has 1 aliphatic heterocycles. The van der Waals surface area contributed by atoms with Crippen molar-refractivity contribution >= 4 is 11.8 Å². The highest BCUT2D eigenvalue weighted by atomic mass is 16.5. The molecule has 1 N–H and O–H groups in total. The first kappa shape index (κ1) is 14.3.